The van der Waals surface area contributed by atoms with E-state index in [1.807, 2.05) is 0 Å². The number of halogens is 3. The molecule has 0 fully saturated rings. The van der Waals surface area contributed by atoms with Crippen LogP contribution in [0.15, 0.2) is 82.6 Å². The molecule has 0 N–H and O–H groups in total. The van der Waals surface area contributed by atoms with Gasteiger partial charge in [-0.05, 0) is 56.3 Å². The third-order valence-electron chi connectivity index (χ3n) is 4.46. The fourth-order valence-corrected chi connectivity index (χ4v) is 6.49. The summed E-state index contributed by atoms with van der Waals surface area (Å²) in [5.41, 5.74) is -0.360. The zero-order valence-corrected chi connectivity index (χ0v) is 18.1. The summed E-state index contributed by atoms with van der Waals surface area (Å²) in [6.07, 6.45) is -4.79. The van der Waals surface area contributed by atoms with Gasteiger partial charge in [0.1, 0.15) is 0 Å². The van der Waals surface area contributed by atoms with Gasteiger partial charge in [0.15, 0.2) is 0 Å². The third kappa shape index (κ3) is 4.59. The van der Waals surface area contributed by atoms with Crippen molar-refractivity contribution in [1.82, 2.24) is 0 Å². The highest BCUT2D eigenvalue weighted by molar-refractivity contribution is 8.10. The quantitative estimate of drug-likeness (QED) is 0.533. The van der Waals surface area contributed by atoms with Gasteiger partial charge in [0.25, 0.3) is 20.0 Å². The predicted molar refractivity (Wildman–Crippen MR) is 111 cm³/mol. The monoisotopic (exact) mass is 469 g/mol. The van der Waals surface area contributed by atoms with Crippen LogP contribution in [0.4, 0.5) is 18.9 Å². The Labute approximate surface area is 178 Å². The van der Waals surface area contributed by atoms with Crippen LogP contribution in [0.5, 0.6) is 0 Å². The fourth-order valence-electron chi connectivity index (χ4n) is 2.81. The number of sulfonamides is 2. The van der Waals surface area contributed by atoms with Crippen molar-refractivity contribution < 1.29 is 30.0 Å². The molecule has 10 heteroatoms. The normalized spacial score (nSPS) is 12.5. The molecule has 31 heavy (non-hydrogen) atoms. The Bertz CT molecular complexity index is 1220. The lowest BCUT2D eigenvalue weighted by Crippen LogP contribution is -2.37. The zero-order chi connectivity index (χ0) is 23.0. The van der Waals surface area contributed by atoms with Crippen molar-refractivity contribution in [3.63, 3.8) is 0 Å². The highest BCUT2D eigenvalue weighted by Crippen LogP contribution is 2.36. The largest absolute Gasteiger partial charge is 0.416 e. The Morgan fingerprint density at radius 2 is 1.10 bits per heavy atom. The Balaban J connectivity index is 2.29. The number of aryl methyl sites for hydroxylation is 2. The van der Waals surface area contributed by atoms with Gasteiger partial charge in [0.05, 0.1) is 21.0 Å². The van der Waals surface area contributed by atoms with Gasteiger partial charge in [-0.25, -0.2) is 16.8 Å². The third-order valence-corrected chi connectivity index (χ3v) is 8.67. The lowest BCUT2D eigenvalue weighted by atomic mass is 10.2. The van der Waals surface area contributed by atoms with Crippen LogP contribution in [0.2, 0.25) is 0 Å². The number of nitrogens with zero attached hydrogens (tertiary/aromatic N) is 1. The van der Waals surface area contributed by atoms with Crippen LogP contribution in [0, 0.1) is 13.8 Å². The Kier molecular flexibility index (Phi) is 5.90. The summed E-state index contributed by atoms with van der Waals surface area (Å²) in [5, 5.41) is 0. The molecular formula is C21H18F3NO4S2. The summed E-state index contributed by atoms with van der Waals surface area (Å²) in [4.78, 5) is -0.739. The van der Waals surface area contributed by atoms with Crippen LogP contribution in [0.1, 0.15) is 16.7 Å². The van der Waals surface area contributed by atoms with E-state index in [0.29, 0.717) is 6.07 Å². The van der Waals surface area contributed by atoms with Gasteiger partial charge in [-0.15, -0.1) is 0 Å². The molecule has 5 nitrogen and oxygen atoms in total. The van der Waals surface area contributed by atoms with Gasteiger partial charge in [-0.3, -0.25) is 0 Å². The second kappa shape index (κ2) is 8.01. The summed E-state index contributed by atoms with van der Waals surface area (Å²) in [7, 11) is -9.54. The molecule has 0 radical (unpaired) electrons. The first-order valence-corrected chi connectivity index (χ1v) is 11.8. The molecule has 3 aromatic rings. The van der Waals surface area contributed by atoms with Gasteiger partial charge < -0.3 is 0 Å². The van der Waals surface area contributed by atoms with E-state index < -0.39 is 37.5 Å². The number of rotatable bonds is 5. The van der Waals surface area contributed by atoms with Crippen LogP contribution in [0.25, 0.3) is 0 Å². The first kappa shape index (κ1) is 22.8. The summed E-state index contributed by atoms with van der Waals surface area (Å²) < 4.78 is 93.2. The fraction of sp³-hybridized carbons (Fsp3) is 0.143. The molecule has 0 aromatic heterocycles. The summed E-state index contributed by atoms with van der Waals surface area (Å²) >= 11 is 0. The average Bonchev–Trinajstić information content (AvgIpc) is 2.68. The maximum atomic E-state index is 13.4. The first-order chi connectivity index (χ1) is 14.3. The molecule has 0 unspecified atom stereocenters. The lowest BCUT2D eigenvalue weighted by Gasteiger charge is -2.25. The van der Waals surface area contributed by atoms with Crippen molar-refractivity contribution in [3.05, 3.63) is 89.5 Å². The second-order valence-electron chi connectivity index (χ2n) is 6.88. The minimum atomic E-state index is -4.79. The molecule has 3 aromatic carbocycles. The van der Waals surface area contributed by atoms with Crippen molar-refractivity contribution in [1.29, 1.82) is 0 Å². The number of anilines is 1. The van der Waals surface area contributed by atoms with E-state index >= 15 is 0 Å². The molecule has 0 heterocycles. The van der Waals surface area contributed by atoms with Crippen molar-refractivity contribution in [2.75, 3.05) is 3.71 Å². The highest BCUT2D eigenvalue weighted by Gasteiger charge is 2.39. The van der Waals surface area contributed by atoms with Gasteiger partial charge in [-0.2, -0.15) is 16.9 Å². The van der Waals surface area contributed by atoms with E-state index in [1.54, 1.807) is 13.8 Å². The molecule has 0 amide bonds. The minimum absolute atomic E-state index is 0.0462. The topological polar surface area (TPSA) is 71.5 Å². The van der Waals surface area contributed by atoms with E-state index in [2.05, 4.69) is 0 Å². The Morgan fingerprint density at radius 3 is 1.48 bits per heavy atom. The van der Waals surface area contributed by atoms with Crippen LogP contribution in [0.3, 0.4) is 0 Å². The van der Waals surface area contributed by atoms with Crippen LogP contribution < -0.4 is 3.71 Å². The molecule has 0 bridgehead atoms. The van der Waals surface area contributed by atoms with E-state index in [0.717, 1.165) is 29.3 Å². The van der Waals surface area contributed by atoms with Crippen LogP contribution in [-0.2, 0) is 26.2 Å². The highest BCUT2D eigenvalue weighted by atomic mass is 32.3. The van der Waals surface area contributed by atoms with Crippen molar-refractivity contribution in [3.8, 4) is 0 Å². The summed E-state index contributed by atoms with van der Waals surface area (Å²) in [6.45, 7) is 3.42. The summed E-state index contributed by atoms with van der Waals surface area (Å²) in [5.74, 6) is 0. The first-order valence-electron chi connectivity index (χ1n) is 8.94. The van der Waals surface area contributed by atoms with E-state index in [1.165, 1.54) is 48.5 Å². The van der Waals surface area contributed by atoms with Gasteiger partial charge >= 0.3 is 6.18 Å². The van der Waals surface area contributed by atoms with Crippen LogP contribution >= 0.6 is 0 Å². The minimum Gasteiger partial charge on any atom is -0.200 e. The molecular weight excluding hydrogens is 451 g/mol. The molecule has 0 aliphatic carbocycles. The molecule has 0 spiro atoms. The maximum Gasteiger partial charge on any atom is 0.416 e. The van der Waals surface area contributed by atoms with Gasteiger partial charge in [-0.1, -0.05) is 41.5 Å². The molecule has 164 valence electrons. The summed E-state index contributed by atoms with van der Waals surface area (Å²) in [6, 6.07) is 13.9. The van der Waals surface area contributed by atoms with E-state index in [4.69, 9.17) is 0 Å². The molecule has 0 saturated heterocycles. The molecule has 0 saturated carbocycles. The average molecular weight is 470 g/mol. The molecule has 0 aliphatic heterocycles. The predicted octanol–water partition coefficient (Wildman–Crippen LogP) is 4.91. The van der Waals surface area contributed by atoms with Gasteiger partial charge in [0, 0.05) is 0 Å². The molecule has 3 rings (SSSR count). The van der Waals surface area contributed by atoms with E-state index in [-0.39, 0.29) is 13.5 Å². The maximum absolute atomic E-state index is 13.4. The Hall–Kier alpha value is -2.85. The standard InChI is InChI=1S/C21H18F3NO4S2/c1-15-6-10-19(11-7-15)30(26,27)25(18-5-3-4-17(14-18)21(22,23)24)31(28,29)20-12-8-16(2)9-13-20/h3-14H,1-2H3. The van der Waals surface area contributed by atoms with Crippen molar-refractivity contribution in [2.24, 2.45) is 0 Å². The van der Waals surface area contributed by atoms with Crippen molar-refractivity contribution >= 4 is 25.7 Å². The number of hydrogen-bond donors (Lipinski definition) is 0. The van der Waals surface area contributed by atoms with Crippen LogP contribution in [-0.4, -0.2) is 16.8 Å². The number of benzene rings is 3. The smallest absolute Gasteiger partial charge is 0.200 e. The second-order valence-corrected chi connectivity index (χ2v) is 10.7. The number of alkyl halides is 3. The number of hydrogen-bond acceptors (Lipinski definition) is 4. The zero-order valence-electron chi connectivity index (χ0n) is 16.5. The lowest BCUT2D eigenvalue weighted by molar-refractivity contribution is -0.137. The molecule has 0 atom stereocenters. The van der Waals surface area contributed by atoms with Gasteiger partial charge in [0.2, 0.25) is 0 Å². The van der Waals surface area contributed by atoms with Crippen molar-refractivity contribution in [2.45, 2.75) is 29.8 Å². The SMILES string of the molecule is Cc1ccc(S(=O)(=O)N(c2cccc(C(F)(F)F)c2)S(=O)(=O)c2ccc(C)cc2)cc1. The van der Waals surface area contributed by atoms with E-state index in [9.17, 15) is 30.0 Å². The molecule has 0 aliphatic rings. The Morgan fingerprint density at radius 1 is 0.677 bits per heavy atom.